The molecule has 1 saturated heterocycles. The zero-order valence-electron chi connectivity index (χ0n) is 17.1. The van der Waals surface area contributed by atoms with Crippen LogP contribution in [0.25, 0.3) is 0 Å². The van der Waals surface area contributed by atoms with Crippen LogP contribution in [0.2, 0.25) is 0 Å². The van der Waals surface area contributed by atoms with Gasteiger partial charge in [0, 0.05) is 30.8 Å². The van der Waals surface area contributed by atoms with E-state index in [1.807, 2.05) is 23.1 Å². The molecule has 1 aromatic carbocycles. The fourth-order valence-electron chi connectivity index (χ4n) is 3.50. The fourth-order valence-corrected chi connectivity index (χ4v) is 4.25. The lowest BCUT2D eigenvalue weighted by molar-refractivity contribution is -0.116. The second kappa shape index (κ2) is 9.71. The maximum atomic E-state index is 13.1. The quantitative estimate of drug-likeness (QED) is 0.516. The van der Waals surface area contributed by atoms with Gasteiger partial charge in [-0.3, -0.25) is 14.2 Å². The van der Waals surface area contributed by atoms with Crippen molar-refractivity contribution in [2.24, 2.45) is 7.05 Å². The molecule has 1 aromatic heterocycles. The van der Waals surface area contributed by atoms with Crippen LogP contribution >= 0.6 is 11.8 Å². The molecule has 30 heavy (non-hydrogen) atoms. The lowest BCUT2D eigenvalue weighted by Gasteiger charge is -2.29. The minimum atomic E-state index is -0.609. The third kappa shape index (κ3) is 4.62. The average Bonchev–Trinajstić information content (AvgIpc) is 2.75. The Morgan fingerprint density at radius 3 is 2.63 bits per heavy atom. The van der Waals surface area contributed by atoms with Gasteiger partial charge in [-0.1, -0.05) is 18.2 Å². The van der Waals surface area contributed by atoms with E-state index >= 15 is 0 Å². The van der Waals surface area contributed by atoms with Gasteiger partial charge in [0.25, 0.3) is 5.56 Å². The van der Waals surface area contributed by atoms with Gasteiger partial charge in [0.15, 0.2) is 0 Å². The number of nitrogens with zero attached hydrogens (tertiary/aromatic N) is 3. The Morgan fingerprint density at radius 1 is 1.23 bits per heavy atom. The number of nitrogens with one attached hydrogen (secondary N) is 1. The summed E-state index contributed by atoms with van der Waals surface area (Å²) in [6.45, 7) is 4.74. The van der Waals surface area contributed by atoms with Crippen LogP contribution in [0.3, 0.4) is 0 Å². The van der Waals surface area contributed by atoms with Crippen molar-refractivity contribution in [3.05, 3.63) is 57.8 Å². The maximum absolute atomic E-state index is 13.1. The van der Waals surface area contributed by atoms with Gasteiger partial charge in [0.1, 0.15) is 18.1 Å². The topological polar surface area (TPSA) is 102 Å². The van der Waals surface area contributed by atoms with E-state index in [0.717, 1.165) is 28.7 Å². The predicted molar refractivity (Wildman–Crippen MR) is 122 cm³/mol. The smallest absolute Gasteiger partial charge is 0.332 e. The molecule has 160 valence electrons. The summed E-state index contributed by atoms with van der Waals surface area (Å²) in [5.41, 5.74) is 5.89. The van der Waals surface area contributed by atoms with Gasteiger partial charge < -0.3 is 16.0 Å². The normalized spacial score (nSPS) is 13.8. The van der Waals surface area contributed by atoms with Gasteiger partial charge in [-0.25, -0.2) is 9.36 Å². The third-order valence-corrected chi connectivity index (χ3v) is 6.13. The van der Waals surface area contributed by atoms with Crippen molar-refractivity contribution in [1.82, 2.24) is 9.13 Å². The summed E-state index contributed by atoms with van der Waals surface area (Å²) in [6.07, 6.45) is 4.80. The molecule has 3 N–H and O–H groups in total. The Kier molecular flexibility index (Phi) is 7.04. The number of para-hydroxylation sites is 1. The van der Waals surface area contributed by atoms with E-state index in [9.17, 15) is 14.4 Å². The second-order valence-corrected chi connectivity index (χ2v) is 8.22. The minimum absolute atomic E-state index is 0.134. The van der Waals surface area contributed by atoms with Crippen LogP contribution in [-0.2, 0) is 18.4 Å². The van der Waals surface area contributed by atoms with Crippen LogP contribution < -0.4 is 27.2 Å². The van der Waals surface area contributed by atoms with E-state index < -0.39 is 17.2 Å². The van der Waals surface area contributed by atoms with Gasteiger partial charge >= 0.3 is 5.69 Å². The van der Waals surface area contributed by atoms with Crippen molar-refractivity contribution < 1.29 is 4.79 Å². The number of hydrogen-bond acceptors (Lipinski definition) is 6. The Morgan fingerprint density at radius 2 is 1.93 bits per heavy atom. The monoisotopic (exact) mass is 429 g/mol. The molecule has 9 heteroatoms. The van der Waals surface area contributed by atoms with Crippen LogP contribution in [0.4, 0.5) is 17.2 Å². The predicted octanol–water partition coefficient (Wildman–Crippen LogP) is 2.04. The summed E-state index contributed by atoms with van der Waals surface area (Å²) in [5, 5.41) is 2.81. The zero-order chi connectivity index (χ0) is 21.7. The van der Waals surface area contributed by atoms with Crippen molar-refractivity contribution in [2.75, 3.05) is 34.8 Å². The van der Waals surface area contributed by atoms with Crippen LogP contribution in [0.1, 0.15) is 19.3 Å². The molecule has 3 rings (SSSR count). The molecule has 0 radical (unpaired) electrons. The van der Waals surface area contributed by atoms with Crippen molar-refractivity contribution in [3.63, 3.8) is 0 Å². The zero-order valence-corrected chi connectivity index (χ0v) is 17.9. The Bertz CT molecular complexity index is 1050. The Labute approximate surface area is 179 Å². The summed E-state index contributed by atoms with van der Waals surface area (Å²) in [5.74, 6) is 0.384. The van der Waals surface area contributed by atoms with Crippen molar-refractivity contribution >= 4 is 34.9 Å². The van der Waals surface area contributed by atoms with Crippen LogP contribution in [0.15, 0.2) is 51.4 Å². The highest BCUT2D eigenvalue weighted by molar-refractivity contribution is 7.99. The molecule has 0 saturated carbocycles. The van der Waals surface area contributed by atoms with E-state index in [2.05, 4.69) is 11.9 Å². The number of aromatic nitrogens is 2. The minimum Gasteiger partial charge on any atom is -0.383 e. The van der Waals surface area contributed by atoms with Gasteiger partial charge in [-0.2, -0.15) is 0 Å². The van der Waals surface area contributed by atoms with E-state index in [1.54, 1.807) is 12.1 Å². The number of anilines is 3. The second-order valence-electron chi connectivity index (χ2n) is 7.16. The molecule has 2 aromatic rings. The van der Waals surface area contributed by atoms with Gasteiger partial charge in [-0.15, -0.1) is 18.3 Å². The van der Waals surface area contributed by atoms with Crippen molar-refractivity contribution in [2.45, 2.75) is 30.7 Å². The first-order valence-electron chi connectivity index (χ1n) is 9.91. The Hall–Kier alpha value is -2.94. The first kappa shape index (κ1) is 21.8. The number of benzene rings is 1. The van der Waals surface area contributed by atoms with Crippen molar-refractivity contribution in [1.29, 1.82) is 0 Å². The first-order valence-corrected chi connectivity index (χ1v) is 10.9. The van der Waals surface area contributed by atoms with Gasteiger partial charge in [-0.05, 0) is 31.4 Å². The van der Waals surface area contributed by atoms with Gasteiger partial charge in [0.2, 0.25) is 5.91 Å². The highest BCUT2D eigenvalue weighted by Gasteiger charge is 2.23. The molecular weight excluding hydrogens is 402 g/mol. The number of amides is 1. The van der Waals surface area contributed by atoms with E-state index in [0.29, 0.717) is 30.2 Å². The maximum Gasteiger partial charge on any atom is 0.332 e. The first-order chi connectivity index (χ1) is 14.4. The van der Waals surface area contributed by atoms with E-state index in [-0.39, 0.29) is 12.4 Å². The molecule has 1 amide bonds. The largest absolute Gasteiger partial charge is 0.383 e. The molecule has 1 aliphatic heterocycles. The summed E-state index contributed by atoms with van der Waals surface area (Å²) < 4.78 is 2.18. The molecule has 0 atom stereocenters. The lowest BCUT2D eigenvalue weighted by atomic mass is 10.1. The fraction of sp³-hybridized carbons (Fsp3) is 0.381. The number of rotatable bonds is 7. The Balaban J connectivity index is 1.89. The highest BCUT2D eigenvalue weighted by Crippen LogP contribution is 2.27. The highest BCUT2D eigenvalue weighted by atomic mass is 32.2. The summed E-state index contributed by atoms with van der Waals surface area (Å²) in [6, 6.07) is 7.38. The molecule has 1 fully saturated rings. The molecule has 8 nitrogen and oxygen atoms in total. The molecule has 0 bridgehead atoms. The third-order valence-electron chi connectivity index (χ3n) is 5.06. The number of thioether (sulfide) groups is 1. The standard InChI is InChI=1S/C21H27N5O3S/c1-3-13-30-16-10-6-5-9-15(16)23-17(27)14-26-20(28)18(19(22)24(2)21(26)29)25-11-7-4-8-12-25/h3,5-6,9-10H,1,4,7-8,11-14,22H2,2H3,(H,23,27). The number of nitrogen functional groups attached to an aromatic ring is 1. The van der Waals surface area contributed by atoms with E-state index in [1.165, 1.54) is 23.4 Å². The van der Waals surface area contributed by atoms with Crippen molar-refractivity contribution in [3.8, 4) is 0 Å². The van der Waals surface area contributed by atoms with Crippen LogP contribution in [0.5, 0.6) is 0 Å². The molecule has 0 aliphatic carbocycles. The van der Waals surface area contributed by atoms with Crippen LogP contribution in [0, 0.1) is 0 Å². The molecule has 0 unspecified atom stereocenters. The summed E-state index contributed by atoms with van der Waals surface area (Å²) >= 11 is 1.54. The van der Waals surface area contributed by atoms with E-state index in [4.69, 9.17) is 5.73 Å². The number of carbonyl (C=O) groups is 1. The van der Waals surface area contributed by atoms with Crippen LogP contribution in [-0.4, -0.2) is 33.9 Å². The summed E-state index contributed by atoms with van der Waals surface area (Å²) in [7, 11) is 1.51. The number of nitrogens with two attached hydrogens (primary N) is 1. The molecular formula is C21H27N5O3S. The lowest BCUT2D eigenvalue weighted by Crippen LogP contribution is -2.46. The molecule has 1 aliphatic rings. The molecule has 2 heterocycles. The number of piperidine rings is 1. The molecule has 0 spiro atoms. The average molecular weight is 430 g/mol. The number of carbonyl (C=O) groups excluding carboxylic acids is 1. The number of hydrogen-bond donors (Lipinski definition) is 2. The van der Waals surface area contributed by atoms with Gasteiger partial charge in [0.05, 0.1) is 5.69 Å². The summed E-state index contributed by atoms with van der Waals surface area (Å²) in [4.78, 5) is 41.3. The SMILES string of the molecule is C=CCSc1ccccc1NC(=O)Cn1c(=O)c(N2CCCCC2)c(N)n(C)c1=O.